The molecule has 2 aromatic rings. The quantitative estimate of drug-likeness (QED) is 0.876. The second-order valence-corrected chi connectivity index (χ2v) is 5.25. The monoisotopic (exact) mass is 304 g/mol. The standard InChI is InChI=1S/C15H20N4O3/c1-20-10-14-18-15(22-19-14)11-5-6-13(16-8-11)17-9-12-4-2-3-7-21-12/h5-6,8,12H,2-4,7,9-10H2,1H3,(H,16,17). The van der Waals surface area contributed by atoms with Crippen molar-refractivity contribution in [2.75, 3.05) is 25.6 Å². The Bertz CT molecular complexity index is 579. The van der Waals surface area contributed by atoms with Crippen molar-refractivity contribution in [2.45, 2.75) is 32.0 Å². The smallest absolute Gasteiger partial charge is 0.259 e. The normalized spacial score (nSPS) is 18.3. The van der Waals surface area contributed by atoms with E-state index in [0.29, 0.717) is 18.3 Å². The van der Waals surface area contributed by atoms with Crippen LogP contribution in [0.4, 0.5) is 5.82 Å². The first-order chi connectivity index (χ1) is 10.8. The molecule has 1 aliphatic rings. The highest BCUT2D eigenvalue weighted by atomic mass is 16.5. The minimum atomic E-state index is 0.280. The first-order valence-electron chi connectivity index (χ1n) is 7.48. The molecule has 7 nitrogen and oxygen atoms in total. The van der Waals surface area contributed by atoms with Gasteiger partial charge < -0.3 is 19.3 Å². The second kappa shape index (κ2) is 7.33. The molecular weight excluding hydrogens is 284 g/mol. The average Bonchev–Trinajstić information content (AvgIpc) is 3.03. The minimum absolute atomic E-state index is 0.280. The summed E-state index contributed by atoms with van der Waals surface area (Å²) in [4.78, 5) is 8.61. The average molecular weight is 304 g/mol. The van der Waals surface area contributed by atoms with Crippen LogP contribution in [0.5, 0.6) is 0 Å². The van der Waals surface area contributed by atoms with E-state index in [-0.39, 0.29) is 6.10 Å². The van der Waals surface area contributed by atoms with Crippen molar-refractivity contribution in [2.24, 2.45) is 0 Å². The van der Waals surface area contributed by atoms with Gasteiger partial charge in [-0.3, -0.25) is 0 Å². The summed E-state index contributed by atoms with van der Waals surface area (Å²) in [6, 6.07) is 3.81. The molecule has 0 saturated carbocycles. The third-order valence-corrected chi connectivity index (χ3v) is 3.54. The fourth-order valence-electron chi connectivity index (χ4n) is 2.37. The van der Waals surface area contributed by atoms with E-state index in [1.807, 2.05) is 12.1 Å². The fourth-order valence-corrected chi connectivity index (χ4v) is 2.37. The summed E-state index contributed by atoms with van der Waals surface area (Å²) in [6.45, 7) is 1.97. The molecule has 0 radical (unpaired) electrons. The lowest BCUT2D eigenvalue weighted by atomic mass is 10.1. The molecule has 1 fully saturated rings. The number of pyridine rings is 1. The molecule has 1 atom stereocenters. The molecule has 0 amide bonds. The SMILES string of the molecule is COCc1noc(-c2ccc(NCC3CCCCO3)nc2)n1. The lowest BCUT2D eigenvalue weighted by Gasteiger charge is -2.22. The maximum absolute atomic E-state index is 5.68. The van der Waals surface area contributed by atoms with Crippen LogP contribution in [0.1, 0.15) is 25.1 Å². The molecule has 1 saturated heterocycles. The van der Waals surface area contributed by atoms with Crippen LogP contribution in [0.3, 0.4) is 0 Å². The number of methoxy groups -OCH3 is 1. The van der Waals surface area contributed by atoms with Crippen LogP contribution < -0.4 is 5.32 Å². The zero-order chi connectivity index (χ0) is 15.2. The molecular formula is C15H20N4O3. The maximum Gasteiger partial charge on any atom is 0.259 e. The highest BCUT2D eigenvalue weighted by molar-refractivity contribution is 5.54. The summed E-state index contributed by atoms with van der Waals surface area (Å²) >= 11 is 0. The van der Waals surface area contributed by atoms with E-state index in [9.17, 15) is 0 Å². The van der Waals surface area contributed by atoms with Crippen molar-refractivity contribution < 1.29 is 14.0 Å². The Morgan fingerprint density at radius 1 is 1.36 bits per heavy atom. The number of aromatic nitrogens is 3. The maximum atomic E-state index is 5.68. The number of hydrogen-bond donors (Lipinski definition) is 1. The van der Waals surface area contributed by atoms with Gasteiger partial charge in [-0.05, 0) is 31.4 Å². The van der Waals surface area contributed by atoms with Gasteiger partial charge in [0.15, 0.2) is 5.82 Å². The van der Waals surface area contributed by atoms with Gasteiger partial charge in [-0.1, -0.05) is 5.16 Å². The van der Waals surface area contributed by atoms with Gasteiger partial charge in [0, 0.05) is 26.5 Å². The molecule has 1 unspecified atom stereocenters. The molecule has 1 aliphatic heterocycles. The molecule has 1 N–H and O–H groups in total. The van der Waals surface area contributed by atoms with Gasteiger partial charge in [-0.15, -0.1) is 0 Å². The van der Waals surface area contributed by atoms with Crippen molar-refractivity contribution in [1.82, 2.24) is 15.1 Å². The Morgan fingerprint density at radius 3 is 3.05 bits per heavy atom. The molecule has 22 heavy (non-hydrogen) atoms. The second-order valence-electron chi connectivity index (χ2n) is 5.25. The molecule has 3 heterocycles. The number of ether oxygens (including phenoxy) is 2. The summed E-state index contributed by atoms with van der Waals surface area (Å²) in [6.07, 6.45) is 5.50. The van der Waals surface area contributed by atoms with Gasteiger partial charge in [0.2, 0.25) is 0 Å². The van der Waals surface area contributed by atoms with Crippen LogP contribution in [0.25, 0.3) is 11.5 Å². The van der Waals surface area contributed by atoms with Crippen LogP contribution in [-0.4, -0.2) is 41.5 Å². The Hall–Kier alpha value is -1.99. The summed E-state index contributed by atoms with van der Waals surface area (Å²) in [5.74, 6) is 1.78. The fraction of sp³-hybridized carbons (Fsp3) is 0.533. The van der Waals surface area contributed by atoms with Gasteiger partial charge in [-0.2, -0.15) is 4.98 Å². The highest BCUT2D eigenvalue weighted by Gasteiger charge is 2.14. The summed E-state index contributed by atoms with van der Waals surface area (Å²) in [5.41, 5.74) is 0.786. The topological polar surface area (TPSA) is 82.3 Å². The number of hydrogen-bond acceptors (Lipinski definition) is 7. The molecule has 0 aromatic carbocycles. The van der Waals surface area contributed by atoms with Crippen molar-refractivity contribution in [3.63, 3.8) is 0 Å². The van der Waals surface area contributed by atoms with E-state index in [4.69, 9.17) is 14.0 Å². The molecule has 0 bridgehead atoms. The predicted molar refractivity (Wildman–Crippen MR) is 80.3 cm³/mol. The number of anilines is 1. The van der Waals surface area contributed by atoms with Gasteiger partial charge in [0.25, 0.3) is 5.89 Å². The Labute approximate surface area is 129 Å². The summed E-state index contributed by atoms with van der Waals surface area (Å²) in [5, 5.41) is 7.13. The molecule has 0 spiro atoms. The van der Waals surface area contributed by atoms with Crippen molar-refractivity contribution in [3.05, 3.63) is 24.2 Å². The van der Waals surface area contributed by atoms with Crippen molar-refractivity contribution in [3.8, 4) is 11.5 Å². The van der Waals surface area contributed by atoms with Crippen LogP contribution in [0.15, 0.2) is 22.9 Å². The first kappa shape index (κ1) is 14.9. The molecule has 118 valence electrons. The van der Waals surface area contributed by atoms with E-state index in [0.717, 1.165) is 31.0 Å². The van der Waals surface area contributed by atoms with Crippen molar-refractivity contribution in [1.29, 1.82) is 0 Å². The molecule has 2 aromatic heterocycles. The zero-order valence-corrected chi connectivity index (χ0v) is 12.6. The lowest BCUT2D eigenvalue weighted by molar-refractivity contribution is 0.0247. The van der Waals surface area contributed by atoms with Gasteiger partial charge in [0.05, 0.1) is 11.7 Å². The van der Waals surface area contributed by atoms with E-state index in [2.05, 4.69) is 20.4 Å². The Kier molecular flexibility index (Phi) is 4.97. The molecule has 0 aliphatic carbocycles. The van der Waals surface area contributed by atoms with Gasteiger partial charge >= 0.3 is 0 Å². The van der Waals surface area contributed by atoms with Crippen LogP contribution >= 0.6 is 0 Å². The van der Waals surface area contributed by atoms with Crippen LogP contribution in [0.2, 0.25) is 0 Å². The predicted octanol–water partition coefficient (Wildman–Crippen LogP) is 2.26. The zero-order valence-electron chi connectivity index (χ0n) is 12.6. The van der Waals surface area contributed by atoms with Crippen LogP contribution in [-0.2, 0) is 16.1 Å². The van der Waals surface area contributed by atoms with Gasteiger partial charge in [0.1, 0.15) is 12.4 Å². The summed E-state index contributed by atoms with van der Waals surface area (Å²) < 4.78 is 15.8. The van der Waals surface area contributed by atoms with Crippen molar-refractivity contribution >= 4 is 5.82 Å². The third kappa shape index (κ3) is 3.80. The third-order valence-electron chi connectivity index (χ3n) is 3.54. The summed E-state index contributed by atoms with van der Waals surface area (Å²) in [7, 11) is 1.59. The Balaban J connectivity index is 1.57. The lowest BCUT2D eigenvalue weighted by Crippen LogP contribution is -2.27. The molecule has 7 heteroatoms. The van der Waals surface area contributed by atoms with E-state index < -0.39 is 0 Å². The number of nitrogens with zero attached hydrogens (tertiary/aromatic N) is 3. The van der Waals surface area contributed by atoms with Crippen LogP contribution in [0, 0.1) is 0 Å². The van der Waals surface area contributed by atoms with E-state index in [1.165, 1.54) is 12.8 Å². The number of nitrogens with one attached hydrogen (secondary N) is 1. The van der Waals surface area contributed by atoms with Gasteiger partial charge in [-0.25, -0.2) is 4.98 Å². The van der Waals surface area contributed by atoms with E-state index in [1.54, 1.807) is 13.3 Å². The largest absolute Gasteiger partial charge is 0.377 e. The first-order valence-corrected chi connectivity index (χ1v) is 7.48. The number of rotatable bonds is 6. The highest BCUT2D eigenvalue weighted by Crippen LogP contribution is 2.18. The minimum Gasteiger partial charge on any atom is -0.377 e. The van der Waals surface area contributed by atoms with E-state index >= 15 is 0 Å². The Morgan fingerprint density at radius 2 is 2.32 bits per heavy atom. The molecule has 3 rings (SSSR count).